The highest BCUT2D eigenvalue weighted by molar-refractivity contribution is 7.89. The molecule has 0 saturated heterocycles. The number of nitrogens with one attached hydrogen (secondary N) is 1. The summed E-state index contributed by atoms with van der Waals surface area (Å²) in [6, 6.07) is 11.0. The number of carbonyl (C=O) groups excluding carboxylic acids is 1. The van der Waals surface area contributed by atoms with E-state index in [0.717, 1.165) is 11.1 Å². The Morgan fingerprint density at radius 1 is 1.12 bits per heavy atom. The average molecular weight is 347 g/mol. The number of hydrogen-bond acceptors (Lipinski definition) is 4. The van der Waals surface area contributed by atoms with E-state index < -0.39 is 16.1 Å². The average Bonchev–Trinajstić information content (AvgIpc) is 2.54. The molecule has 0 fully saturated rings. The van der Waals surface area contributed by atoms with E-state index >= 15 is 0 Å². The summed E-state index contributed by atoms with van der Waals surface area (Å²) >= 11 is 0. The minimum Gasteiger partial charge on any atom is -0.496 e. The summed E-state index contributed by atoms with van der Waals surface area (Å²) in [5, 5.41) is 0. The van der Waals surface area contributed by atoms with Crippen LogP contribution in [0, 0.1) is 6.92 Å². The lowest BCUT2D eigenvalue weighted by Gasteiger charge is -2.18. The fraction of sp³-hybridized carbons (Fsp3) is 0.278. The molecular weight excluding hydrogens is 326 g/mol. The zero-order valence-electron chi connectivity index (χ0n) is 14.2. The molecule has 0 spiro atoms. The van der Waals surface area contributed by atoms with E-state index in [0.29, 0.717) is 11.3 Å². The highest BCUT2D eigenvalue weighted by Crippen LogP contribution is 2.27. The third kappa shape index (κ3) is 4.01. The largest absolute Gasteiger partial charge is 0.496 e. The van der Waals surface area contributed by atoms with E-state index in [1.54, 1.807) is 14.0 Å². The molecule has 0 heterocycles. The van der Waals surface area contributed by atoms with E-state index in [1.807, 2.05) is 25.1 Å². The van der Waals surface area contributed by atoms with Crippen LogP contribution in [0.1, 0.15) is 41.4 Å². The Bertz CT molecular complexity index is 842. The Kier molecular flexibility index (Phi) is 5.41. The maximum atomic E-state index is 12.5. The standard InChI is InChI=1S/C18H21NO4S/c1-12-5-10-18(23-4)17(11-12)13(2)19-24(21,22)16-8-6-15(7-9-16)14(3)20/h5-11,13,19H,1-4H3/t13-/m0/s1. The third-order valence-corrected chi connectivity index (χ3v) is 5.31. The number of sulfonamides is 1. The van der Waals surface area contributed by atoms with Gasteiger partial charge < -0.3 is 4.74 Å². The molecule has 0 radical (unpaired) electrons. The summed E-state index contributed by atoms with van der Waals surface area (Å²) in [4.78, 5) is 11.4. The van der Waals surface area contributed by atoms with E-state index in [2.05, 4.69) is 4.72 Å². The van der Waals surface area contributed by atoms with Crippen molar-refractivity contribution in [2.45, 2.75) is 31.7 Å². The van der Waals surface area contributed by atoms with Crippen LogP contribution < -0.4 is 9.46 Å². The molecule has 128 valence electrons. The number of hydrogen-bond donors (Lipinski definition) is 1. The minimum atomic E-state index is -3.70. The van der Waals surface area contributed by atoms with Crippen molar-refractivity contribution in [1.82, 2.24) is 4.72 Å². The highest BCUT2D eigenvalue weighted by atomic mass is 32.2. The van der Waals surface area contributed by atoms with Gasteiger partial charge in [-0.1, -0.05) is 29.8 Å². The van der Waals surface area contributed by atoms with E-state index in [4.69, 9.17) is 4.74 Å². The molecule has 1 N–H and O–H groups in total. The first-order valence-electron chi connectivity index (χ1n) is 7.52. The second-order valence-corrected chi connectivity index (χ2v) is 7.38. The van der Waals surface area contributed by atoms with Crippen molar-refractivity contribution in [2.24, 2.45) is 0 Å². The third-order valence-electron chi connectivity index (χ3n) is 3.75. The molecule has 0 aliphatic rings. The van der Waals surface area contributed by atoms with Gasteiger partial charge in [-0.2, -0.15) is 0 Å². The molecule has 2 aromatic carbocycles. The van der Waals surface area contributed by atoms with E-state index in [1.165, 1.54) is 31.2 Å². The lowest BCUT2D eigenvalue weighted by Crippen LogP contribution is -2.27. The Morgan fingerprint density at radius 3 is 2.29 bits per heavy atom. The summed E-state index contributed by atoms with van der Waals surface area (Å²) in [6.45, 7) is 5.14. The van der Waals surface area contributed by atoms with Crippen molar-refractivity contribution in [3.63, 3.8) is 0 Å². The Morgan fingerprint density at radius 2 is 1.75 bits per heavy atom. The second kappa shape index (κ2) is 7.15. The minimum absolute atomic E-state index is 0.107. The van der Waals surface area contributed by atoms with Gasteiger partial charge in [0.15, 0.2) is 5.78 Å². The summed E-state index contributed by atoms with van der Waals surface area (Å²) in [6.07, 6.45) is 0. The van der Waals surface area contributed by atoms with Gasteiger partial charge in [0.05, 0.1) is 12.0 Å². The Balaban J connectivity index is 2.28. The molecular formula is C18H21NO4S. The maximum Gasteiger partial charge on any atom is 0.241 e. The molecule has 2 rings (SSSR count). The molecule has 24 heavy (non-hydrogen) atoms. The van der Waals surface area contributed by atoms with Crippen molar-refractivity contribution < 1.29 is 17.9 Å². The number of rotatable bonds is 6. The van der Waals surface area contributed by atoms with Crippen LogP contribution in [-0.2, 0) is 10.0 Å². The van der Waals surface area contributed by atoms with Crippen LogP contribution in [0.3, 0.4) is 0 Å². The number of ether oxygens (including phenoxy) is 1. The van der Waals surface area contributed by atoms with Gasteiger partial charge in [-0.3, -0.25) is 4.79 Å². The van der Waals surface area contributed by atoms with Crippen LogP contribution in [0.25, 0.3) is 0 Å². The van der Waals surface area contributed by atoms with Crippen molar-refractivity contribution >= 4 is 15.8 Å². The van der Waals surface area contributed by atoms with Gasteiger partial charge in [0.25, 0.3) is 0 Å². The number of aryl methyl sites for hydroxylation is 1. The number of Topliss-reactive ketones (excluding diaryl/α,β-unsaturated/α-hetero) is 1. The number of benzene rings is 2. The van der Waals surface area contributed by atoms with Crippen molar-refractivity contribution in [1.29, 1.82) is 0 Å². The van der Waals surface area contributed by atoms with Crippen LogP contribution in [0.4, 0.5) is 0 Å². The molecule has 0 amide bonds. The smallest absolute Gasteiger partial charge is 0.241 e. The topological polar surface area (TPSA) is 72.5 Å². The number of ketones is 1. The van der Waals surface area contributed by atoms with Crippen LogP contribution in [0.5, 0.6) is 5.75 Å². The predicted octanol–water partition coefficient (Wildman–Crippen LogP) is 3.25. The van der Waals surface area contributed by atoms with Crippen molar-refractivity contribution in [2.75, 3.05) is 7.11 Å². The van der Waals surface area contributed by atoms with Crippen molar-refractivity contribution in [3.8, 4) is 5.75 Å². The SMILES string of the molecule is COc1ccc(C)cc1[C@H](C)NS(=O)(=O)c1ccc(C(C)=O)cc1. The summed E-state index contributed by atoms with van der Waals surface area (Å²) in [5.74, 6) is 0.521. The summed E-state index contributed by atoms with van der Waals surface area (Å²) in [7, 11) is -2.15. The molecule has 5 nitrogen and oxygen atoms in total. The number of methoxy groups -OCH3 is 1. The molecule has 0 saturated carbocycles. The molecule has 0 aliphatic heterocycles. The Labute approximate surface area is 142 Å². The van der Waals surface area contributed by atoms with E-state index in [9.17, 15) is 13.2 Å². The van der Waals surface area contributed by atoms with Gasteiger partial charge >= 0.3 is 0 Å². The second-order valence-electron chi connectivity index (χ2n) is 5.67. The fourth-order valence-corrected chi connectivity index (χ4v) is 3.65. The van der Waals surface area contributed by atoms with Gasteiger partial charge in [-0.15, -0.1) is 0 Å². The normalized spacial score (nSPS) is 12.7. The molecule has 6 heteroatoms. The first kappa shape index (κ1) is 18.2. The van der Waals surface area contributed by atoms with Gasteiger partial charge in [0, 0.05) is 17.2 Å². The van der Waals surface area contributed by atoms with Crippen molar-refractivity contribution in [3.05, 3.63) is 59.2 Å². The van der Waals surface area contributed by atoms with E-state index in [-0.39, 0.29) is 10.7 Å². The highest BCUT2D eigenvalue weighted by Gasteiger charge is 2.21. The van der Waals surface area contributed by atoms with Crippen LogP contribution in [0.2, 0.25) is 0 Å². The molecule has 0 unspecified atom stereocenters. The molecule has 1 atom stereocenters. The number of carbonyl (C=O) groups is 1. The van der Waals surface area contributed by atoms with Gasteiger partial charge in [0.2, 0.25) is 10.0 Å². The predicted molar refractivity (Wildman–Crippen MR) is 92.9 cm³/mol. The molecule has 0 aromatic heterocycles. The van der Waals surface area contributed by atoms with Crippen LogP contribution in [0.15, 0.2) is 47.4 Å². The Hall–Kier alpha value is -2.18. The molecule has 2 aromatic rings. The fourth-order valence-electron chi connectivity index (χ4n) is 2.43. The van der Waals surface area contributed by atoms with Gasteiger partial charge in [0.1, 0.15) is 5.75 Å². The first-order valence-corrected chi connectivity index (χ1v) is 9.01. The lowest BCUT2D eigenvalue weighted by molar-refractivity contribution is 0.101. The molecule has 0 bridgehead atoms. The van der Waals surface area contributed by atoms with Gasteiger partial charge in [-0.25, -0.2) is 13.1 Å². The zero-order valence-corrected chi connectivity index (χ0v) is 15.0. The summed E-state index contributed by atoms with van der Waals surface area (Å²) < 4.78 is 33.0. The van der Waals surface area contributed by atoms with Crippen LogP contribution >= 0.6 is 0 Å². The monoisotopic (exact) mass is 347 g/mol. The maximum absolute atomic E-state index is 12.5. The van der Waals surface area contributed by atoms with Crippen LogP contribution in [-0.4, -0.2) is 21.3 Å². The van der Waals surface area contributed by atoms with Gasteiger partial charge in [-0.05, 0) is 39.0 Å². The quantitative estimate of drug-likeness (QED) is 0.814. The lowest BCUT2D eigenvalue weighted by atomic mass is 10.1. The summed E-state index contributed by atoms with van der Waals surface area (Å²) in [5.41, 5.74) is 2.26. The first-order chi connectivity index (χ1) is 11.2. The molecule has 0 aliphatic carbocycles. The zero-order chi connectivity index (χ0) is 17.9.